The van der Waals surface area contributed by atoms with E-state index in [4.69, 9.17) is 5.11 Å². The van der Waals surface area contributed by atoms with E-state index in [-0.39, 0.29) is 28.8 Å². The van der Waals surface area contributed by atoms with E-state index >= 15 is 0 Å². The number of benzene rings is 1. The first kappa shape index (κ1) is 15.9. The second kappa shape index (κ2) is 6.55. The van der Waals surface area contributed by atoms with Gasteiger partial charge in [-0.15, -0.1) is 0 Å². The molecule has 1 aromatic rings. The Labute approximate surface area is 127 Å². The zero-order chi connectivity index (χ0) is 16.3. The Kier molecular flexibility index (Phi) is 4.75. The number of hydrogen-bond donors (Lipinski definition) is 1. The molecule has 0 radical (unpaired) electrons. The SMILES string of the molecule is CCC1CCCCN1C(=O)c1cc(C(=O)O)cc([N+](=O)[O-])c1. The highest BCUT2D eigenvalue weighted by molar-refractivity contribution is 5.98. The maximum atomic E-state index is 12.6. The molecule has 7 nitrogen and oxygen atoms in total. The fourth-order valence-corrected chi connectivity index (χ4v) is 2.82. The van der Waals surface area contributed by atoms with E-state index in [0.717, 1.165) is 37.8 Å². The van der Waals surface area contributed by atoms with Crippen molar-refractivity contribution in [1.82, 2.24) is 4.90 Å². The summed E-state index contributed by atoms with van der Waals surface area (Å²) in [5.74, 6) is -1.62. The summed E-state index contributed by atoms with van der Waals surface area (Å²) in [5, 5.41) is 20.0. The highest BCUT2D eigenvalue weighted by Gasteiger charge is 2.28. The average molecular weight is 306 g/mol. The van der Waals surface area contributed by atoms with Crippen LogP contribution in [0.15, 0.2) is 18.2 Å². The van der Waals surface area contributed by atoms with Crippen molar-refractivity contribution in [2.24, 2.45) is 0 Å². The number of amides is 1. The van der Waals surface area contributed by atoms with Crippen molar-refractivity contribution in [2.45, 2.75) is 38.6 Å². The number of aromatic carboxylic acids is 1. The fourth-order valence-electron chi connectivity index (χ4n) is 2.82. The number of carbonyl (C=O) groups is 2. The molecule has 1 aliphatic heterocycles. The second-order valence-corrected chi connectivity index (χ2v) is 5.39. The highest BCUT2D eigenvalue weighted by atomic mass is 16.6. The molecule has 1 aliphatic rings. The van der Waals surface area contributed by atoms with Gasteiger partial charge < -0.3 is 10.0 Å². The Bertz CT molecular complexity index is 582. The van der Waals surface area contributed by atoms with Crippen molar-refractivity contribution in [3.63, 3.8) is 0 Å². The molecule has 0 aliphatic carbocycles. The maximum absolute atomic E-state index is 12.6. The lowest BCUT2D eigenvalue weighted by molar-refractivity contribution is -0.384. The molecule has 0 saturated carbocycles. The van der Waals surface area contributed by atoms with E-state index in [1.54, 1.807) is 4.90 Å². The number of carboxylic acids is 1. The molecule has 0 spiro atoms. The number of nitro benzene ring substituents is 1. The van der Waals surface area contributed by atoms with Crippen LogP contribution in [0.3, 0.4) is 0 Å². The molecule has 118 valence electrons. The first-order valence-electron chi connectivity index (χ1n) is 7.27. The van der Waals surface area contributed by atoms with Gasteiger partial charge in [-0.3, -0.25) is 14.9 Å². The van der Waals surface area contributed by atoms with Crippen LogP contribution in [0.2, 0.25) is 0 Å². The van der Waals surface area contributed by atoms with Crippen LogP contribution >= 0.6 is 0 Å². The van der Waals surface area contributed by atoms with Crippen molar-refractivity contribution in [3.05, 3.63) is 39.4 Å². The molecule has 1 unspecified atom stereocenters. The van der Waals surface area contributed by atoms with Crippen LogP contribution in [-0.4, -0.2) is 39.4 Å². The monoisotopic (exact) mass is 306 g/mol. The van der Waals surface area contributed by atoms with Crippen LogP contribution in [0.1, 0.15) is 53.3 Å². The van der Waals surface area contributed by atoms with Gasteiger partial charge in [-0.1, -0.05) is 6.92 Å². The Morgan fingerprint density at radius 3 is 2.59 bits per heavy atom. The molecule has 22 heavy (non-hydrogen) atoms. The minimum absolute atomic E-state index is 0.0620. The minimum atomic E-state index is -1.29. The summed E-state index contributed by atoms with van der Waals surface area (Å²) in [6.07, 6.45) is 3.66. The summed E-state index contributed by atoms with van der Waals surface area (Å²) >= 11 is 0. The lowest BCUT2D eigenvalue weighted by Gasteiger charge is -2.35. The second-order valence-electron chi connectivity index (χ2n) is 5.39. The summed E-state index contributed by atoms with van der Waals surface area (Å²) in [4.78, 5) is 35.7. The third-order valence-electron chi connectivity index (χ3n) is 3.98. The molecule has 0 bridgehead atoms. The molecule has 1 fully saturated rings. The number of piperidine rings is 1. The van der Waals surface area contributed by atoms with Gasteiger partial charge >= 0.3 is 5.97 Å². The van der Waals surface area contributed by atoms with Crippen LogP contribution in [0.4, 0.5) is 5.69 Å². The van der Waals surface area contributed by atoms with Gasteiger partial charge in [-0.25, -0.2) is 4.79 Å². The number of rotatable bonds is 4. The predicted octanol–water partition coefficient (Wildman–Crippen LogP) is 2.70. The fraction of sp³-hybridized carbons (Fsp3) is 0.467. The van der Waals surface area contributed by atoms with Gasteiger partial charge in [-0.05, 0) is 31.7 Å². The van der Waals surface area contributed by atoms with Gasteiger partial charge in [0.1, 0.15) is 0 Å². The van der Waals surface area contributed by atoms with E-state index < -0.39 is 10.9 Å². The summed E-state index contributed by atoms with van der Waals surface area (Å²) in [6.45, 7) is 2.59. The number of hydrogen-bond acceptors (Lipinski definition) is 4. The molecular formula is C15H18N2O5. The van der Waals surface area contributed by atoms with Crippen molar-refractivity contribution >= 4 is 17.6 Å². The molecule has 1 aromatic carbocycles. The van der Waals surface area contributed by atoms with Gasteiger partial charge in [0.15, 0.2) is 0 Å². The molecule has 1 saturated heterocycles. The van der Waals surface area contributed by atoms with Crippen LogP contribution in [-0.2, 0) is 0 Å². The molecule has 1 heterocycles. The molecule has 1 atom stereocenters. The molecule has 1 N–H and O–H groups in total. The number of carboxylic acid groups (broad SMARTS) is 1. The van der Waals surface area contributed by atoms with Gasteiger partial charge in [0.05, 0.1) is 10.5 Å². The van der Waals surface area contributed by atoms with Gasteiger partial charge in [0.2, 0.25) is 0 Å². The molecule has 1 amide bonds. The van der Waals surface area contributed by atoms with Crippen LogP contribution in [0, 0.1) is 10.1 Å². The lowest BCUT2D eigenvalue weighted by Crippen LogP contribution is -2.43. The zero-order valence-corrected chi connectivity index (χ0v) is 12.3. The number of non-ortho nitro benzene ring substituents is 1. The van der Waals surface area contributed by atoms with Gasteiger partial charge in [-0.2, -0.15) is 0 Å². The van der Waals surface area contributed by atoms with Crippen LogP contribution in [0.5, 0.6) is 0 Å². The van der Waals surface area contributed by atoms with Gasteiger partial charge in [0.25, 0.3) is 11.6 Å². The average Bonchev–Trinajstić information content (AvgIpc) is 2.53. The Morgan fingerprint density at radius 2 is 2.00 bits per heavy atom. The van der Waals surface area contributed by atoms with Crippen molar-refractivity contribution in [2.75, 3.05) is 6.54 Å². The van der Waals surface area contributed by atoms with Gasteiger partial charge in [0, 0.05) is 30.3 Å². The number of nitro groups is 1. The topological polar surface area (TPSA) is 101 Å². The van der Waals surface area contributed by atoms with E-state index in [9.17, 15) is 19.7 Å². The quantitative estimate of drug-likeness (QED) is 0.680. The number of likely N-dealkylation sites (tertiary alicyclic amines) is 1. The Morgan fingerprint density at radius 1 is 1.32 bits per heavy atom. The standard InChI is InChI=1S/C15H18N2O5/c1-2-12-5-3-4-6-16(12)14(18)10-7-11(15(19)20)9-13(8-10)17(21)22/h7-9,12H,2-6H2,1H3,(H,19,20). The van der Waals surface area contributed by atoms with Crippen molar-refractivity contribution < 1.29 is 19.6 Å². The Hall–Kier alpha value is -2.44. The summed E-state index contributed by atoms with van der Waals surface area (Å²) < 4.78 is 0. The summed E-state index contributed by atoms with van der Waals surface area (Å²) in [7, 11) is 0. The van der Waals surface area contributed by atoms with Crippen molar-refractivity contribution in [1.29, 1.82) is 0 Å². The zero-order valence-electron chi connectivity index (χ0n) is 12.3. The third kappa shape index (κ3) is 3.24. The largest absolute Gasteiger partial charge is 0.478 e. The van der Waals surface area contributed by atoms with E-state index in [0.29, 0.717) is 6.54 Å². The van der Waals surface area contributed by atoms with E-state index in [2.05, 4.69) is 0 Å². The first-order chi connectivity index (χ1) is 10.4. The summed E-state index contributed by atoms with van der Waals surface area (Å²) in [5.41, 5.74) is -0.567. The maximum Gasteiger partial charge on any atom is 0.335 e. The smallest absolute Gasteiger partial charge is 0.335 e. The lowest BCUT2D eigenvalue weighted by atomic mass is 9.98. The number of nitrogens with zero attached hydrogens (tertiary/aromatic N) is 2. The minimum Gasteiger partial charge on any atom is -0.478 e. The normalized spacial score (nSPS) is 18.0. The van der Waals surface area contributed by atoms with E-state index in [1.165, 1.54) is 6.07 Å². The molecule has 2 rings (SSSR count). The predicted molar refractivity (Wildman–Crippen MR) is 79.0 cm³/mol. The van der Waals surface area contributed by atoms with Crippen LogP contribution in [0.25, 0.3) is 0 Å². The highest BCUT2D eigenvalue weighted by Crippen LogP contribution is 2.24. The Balaban J connectivity index is 2.39. The molecule has 7 heteroatoms. The summed E-state index contributed by atoms with van der Waals surface area (Å²) in [6, 6.07) is 3.43. The molecule has 0 aromatic heterocycles. The molecular weight excluding hydrogens is 288 g/mol. The first-order valence-corrected chi connectivity index (χ1v) is 7.27. The number of carbonyl (C=O) groups excluding carboxylic acids is 1. The van der Waals surface area contributed by atoms with Crippen molar-refractivity contribution in [3.8, 4) is 0 Å². The van der Waals surface area contributed by atoms with Crippen LogP contribution < -0.4 is 0 Å². The van der Waals surface area contributed by atoms with E-state index in [1.807, 2.05) is 6.92 Å². The third-order valence-corrected chi connectivity index (χ3v) is 3.98.